The van der Waals surface area contributed by atoms with E-state index in [1.165, 1.54) is 6.92 Å². The van der Waals surface area contributed by atoms with Crippen LogP contribution in [-0.2, 0) is 43.9 Å². The summed E-state index contributed by atoms with van der Waals surface area (Å²) >= 11 is 0. The molecule has 0 bridgehead atoms. The van der Waals surface area contributed by atoms with Crippen molar-refractivity contribution >= 4 is 29.4 Å². The average Bonchev–Trinajstić information content (AvgIpc) is 3.82. The zero-order valence-corrected chi connectivity index (χ0v) is 29.0. The van der Waals surface area contributed by atoms with Crippen molar-refractivity contribution in [2.75, 3.05) is 20.7 Å². The van der Waals surface area contributed by atoms with Gasteiger partial charge in [0, 0.05) is 38.3 Å². The number of hydrogen-bond acceptors (Lipinski definition) is 8. The first-order valence-electron chi connectivity index (χ1n) is 16.9. The van der Waals surface area contributed by atoms with Gasteiger partial charge in [-0.25, -0.2) is 4.98 Å². The number of likely N-dealkylation sites (N-methyl/N-ethyl adjacent to an activating group) is 1. The van der Waals surface area contributed by atoms with Crippen LogP contribution in [0.2, 0.25) is 0 Å². The van der Waals surface area contributed by atoms with E-state index >= 15 is 0 Å². The summed E-state index contributed by atoms with van der Waals surface area (Å²) in [5, 5.41) is 11.9. The molecule has 262 valence electrons. The van der Waals surface area contributed by atoms with Crippen LogP contribution >= 0.6 is 0 Å². The molecule has 5 atom stereocenters. The number of ketones is 1. The maximum absolute atomic E-state index is 14.2. The Balaban J connectivity index is 1.53. The van der Waals surface area contributed by atoms with Crippen molar-refractivity contribution in [1.82, 2.24) is 35.7 Å². The number of amides is 4. The second kappa shape index (κ2) is 16.2. The molecule has 4 rings (SSSR count). The van der Waals surface area contributed by atoms with E-state index in [1.54, 1.807) is 43.7 Å². The number of aryl methyl sites for hydroxylation is 1. The van der Waals surface area contributed by atoms with Crippen LogP contribution < -0.4 is 26.0 Å². The highest BCUT2D eigenvalue weighted by molar-refractivity contribution is 5.98. The van der Waals surface area contributed by atoms with E-state index < -0.39 is 41.5 Å². The Morgan fingerprint density at radius 2 is 1.71 bits per heavy atom. The molecule has 1 saturated heterocycles. The van der Waals surface area contributed by atoms with E-state index in [0.717, 1.165) is 24.1 Å². The predicted molar refractivity (Wildman–Crippen MR) is 180 cm³/mol. The highest BCUT2D eigenvalue weighted by Gasteiger charge is 2.47. The SMILES string of the molecule is CCC(NC(=O)C(Cc1ccc(OC)cc1)NC(=O)C1(NC(=O)C2CC(C)CN2C(=O)C(Cc2cncn2C)NC)CCCC1)C(C)=O. The van der Waals surface area contributed by atoms with E-state index in [4.69, 9.17) is 4.74 Å². The predicted octanol–water partition coefficient (Wildman–Crippen LogP) is 1.44. The Morgan fingerprint density at radius 3 is 2.27 bits per heavy atom. The van der Waals surface area contributed by atoms with Gasteiger partial charge in [0.2, 0.25) is 23.6 Å². The van der Waals surface area contributed by atoms with Crippen molar-refractivity contribution in [3.05, 3.63) is 48.0 Å². The number of carbonyl (C=O) groups is 5. The number of methoxy groups -OCH3 is 1. The van der Waals surface area contributed by atoms with Crippen molar-refractivity contribution < 1.29 is 28.7 Å². The van der Waals surface area contributed by atoms with Crippen LogP contribution in [0.3, 0.4) is 0 Å². The molecule has 2 aliphatic rings. The van der Waals surface area contributed by atoms with Gasteiger partial charge in [0.15, 0.2) is 5.78 Å². The summed E-state index contributed by atoms with van der Waals surface area (Å²) in [5.74, 6) is -0.909. The van der Waals surface area contributed by atoms with Gasteiger partial charge in [-0.3, -0.25) is 24.0 Å². The van der Waals surface area contributed by atoms with E-state index in [0.29, 0.717) is 44.4 Å². The van der Waals surface area contributed by atoms with Crippen LogP contribution in [0.5, 0.6) is 5.75 Å². The van der Waals surface area contributed by atoms with Gasteiger partial charge in [-0.15, -0.1) is 0 Å². The minimum Gasteiger partial charge on any atom is -0.497 e. The Bertz CT molecular complexity index is 1450. The van der Waals surface area contributed by atoms with Gasteiger partial charge in [0.25, 0.3) is 0 Å². The number of Topliss-reactive ketones (excluding diaryl/α,β-unsaturated/α-hetero) is 1. The number of imidazole rings is 1. The molecule has 48 heavy (non-hydrogen) atoms. The van der Waals surface area contributed by atoms with E-state index in [1.807, 2.05) is 37.6 Å². The molecule has 1 aliphatic heterocycles. The topological polar surface area (TPSA) is 164 Å². The van der Waals surface area contributed by atoms with Crippen LogP contribution in [-0.4, -0.2) is 94.3 Å². The van der Waals surface area contributed by atoms with Crippen LogP contribution in [0.15, 0.2) is 36.8 Å². The van der Waals surface area contributed by atoms with E-state index in [2.05, 4.69) is 26.3 Å². The molecule has 2 fully saturated rings. The maximum Gasteiger partial charge on any atom is 0.246 e. The van der Waals surface area contributed by atoms with Crippen LogP contribution in [0, 0.1) is 5.92 Å². The summed E-state index contributed by atoms with van der Waals surface area (Å²) in [6.45, 7) is 5.67. The largest absolute Gasteiger partial charge is 0.497 e. The van der Waals surface area contributed by atoms with Crippen LogP contribution in [0.25, 0.3) is 0 Å². The number of rotatable bonds is 15. The molecule has 2 heterocycles. The summed E-state index contributed by atoms with van der Waals surface area (Å²) in [6.07, 6.45) is 7.14. The number of nitrogens with one attached hydrogen (secondary N) is 4. The molecule has 0 spiro atoms. The van der Waals surface area contributed by atoms with Crippen LogP contribution in [0.1, 0.15) is 70.6 Å². The standard InChI is InChI=1S/C35H51N7O6/c1-7-27(23(3)43)38-31(44)28(17-24-10-12-26(48-6)13-11-24)39-34(47)35(14-8-9-15-35)40-32(45)30-16-22(2)20-42(30)33(46)29(36-4)18-25-19-37-21-41(25)5/h10-13,19,21-22,27-30,36H,7-9,14-18,20H2,1-6H3,(H,38,44)(H,39,47)(H,40,45). The molecular formula is C35H51N7O6. The third-order valence-electron chi connectivity index (χ3n) is 9.76. The summed E-state index contributed by atoms with van der Waals surface area (Å²) in [4.78, 5) is 73.5. The number of likely N-dealkylation sites (tertiary alicyclic amines) is 1. The molecule has 2 aromatic rings. The fraction of sp³-hybridized carbons (Fsp3) is 0.600. The fourth-order valence-electron chi connectivity index (χ4n) is 6.81. The van der Waals surface area contributed by atoms with Gasteiger partial charge in [-0.2, -0.15) is 0 Å². The number of carbonyl (C=O) groups excluding carboxylic acids is 5. The second-order valence-corrected chi connectivity index (χ2v) is 13.3. The minimum atomic E-state index is -1.24. The van der Waals surface area contributed by atoms with Gasteiger partial charge in [-0.05, 0) is 63.3 Å². The lowest BCUT2D eigenvalue weighted by Gasteiger charge is -2.34. The number of ether oxygens (including phenoxy) is 1. The molecule has 1 aromatic carbocycles. The first-order chi connectivity index (χ1) is 22.9. The molecule has 1 saturated carbocycles. The lowest BCUT2D eigenvalue weighted by molar-refractivity contribution is -0.142. The van der Waals surface area contributed by atoms with E-state index in [-0.39, 0.29) is 29.9 Å². The normalized spacial score (nSPS) is 20.4. The first kappa shape index (κ1) is 36.6. The highest BCUT2D eigenvalue weighted by Crippen LogP contribution is 2.32. The maximum atomic E-state index is 14.2. The van der Waals surface area contributed by atoms with Gasteiger partial charge in [0.05, 0.1) is 25.5 Å². The second-order valence-electron chi connectivity index (χ2n) is 13.3. The highest BCUT2D eigenvalue weighted by atomic mass is 16.5. The van der Waals surface area contributed by atoms with Crippen molar-refractivity contribution in [1.29, 1.82) is 0 Å². The molecule has 1 aromatic heterocycles. The van der Waals surface area contributed by atoms with Crippen LogP contribution in [0.4, 0.5) is 0 Å². The van der Waals surface area contributed by atoms with Crippen molar-refractivity contribution in [3.63, 3.8) is 0 Å². The average molecular weight is 666 g/mol. The van der Waals surface area contributed by atoms with Gasteiger partial charge < -0.3 is 35.5 Å². The lowest BCUT2D eigenvalue weighted by atomic mass is 9.93. The summed E-state index contributed by atoms with van der Waals surface area (Å²) in [6, 6.07) is 4.23. The zero-order chi connectivity index (χ0) is 35.0. The summed E-state index contributed by atoms with van der Waals surface area (Å²) in [7, 11) is 5.16. The van der Waals surface area contributed by atoms with Crippen molar-refractivity contribution in [3.8, 4) is 5.75 Å². The molecular weight excluding hydrogens is 614 g/mol. The van der Waals surface area contributed by atoms with E-state index in [9.17, 15) is 24.0 Å². The molecule has 5 unspecified atom stereocenters. The molecule has 4 N–H and O–H groups in total. The monoisotopic (exact) mass is 665 g/mol. The number of hydrogen-bond donors (Lipinski definition) is 4. The van der Waals surface area contributed by atoms with Crippen molar-refractivity contribution in [2.45, 2.75) is 102 Å². The molecule has 0 radical (unpaired) electrons. The Kier molecular flexibility index (Phi) is 12.4. The number of aromatic nitrogens is 2. The van der Waals surface area contributed by atoms with Gasteiger partial charge in [0.1, 0.15) is 23.4 Å². The number of benzene rings is 1. The third kappa shape index (κ3) is 8.60. The fourth-order valence-corrected chi connectivity index (χ4v) is 6.81. The quantitative estimate of drug-likeness (QED) is 0.222. The lowest BCUT2D eigenvalue weighted by Crippen LogP contribution is -2.64. The summed E-state index contributed by atoms with van der Waals surface area (Å²) < 4.78 is 7.12. The third-order valence-corrected chi connectivity index (χ3v) is 9.76. The number of nitrogens with zero attached hydrogens (tertiary/aromatic N) is 3. The molecule has 13 nitrogen and oxygen atoms in total. The molecule has 1 aliphatic carbocycles. The smallest absolute Gasteiger partial charge is 0.246 e. The Labute approximate surface area is 282 Å². The van der Waals surface area contributed by atoms with Gasteiger partial charge in [-0.1, -0.05) is 38.8 Å². The zero-order valence-electron chi connectivity index (χ0n) is 29.0. The Morgan fingerprint density at radius 1 is 1.02 bits per heavy atom. The molecule has 13 heteroatoms. The molecule has 4 amide bonds. The first-order valence-corrected chi connectivity index (χ1v) is 16.9. The summed E-state index contributed by atoms with van der Waals surface area (Å²) in [5.41, 5.74) is 0.438. The minimum absolute atomic E-state index is 0.0950. The van der Waals surface area contributed by atoms with Crippen molar-refractivity contribution in [2.24, 2.45) is 13.0 Å². The van der Waals surface area contributed by atoms with Gasteiger partial charge >= 0.3 is 0 Å². The Hall–Kier alpha value is -4.26.